The third-order valence-corrected chi connectivity index (χ3v) is 7.79. The lowest BCUT2D eigenvalue weighted by Gasteiger charge is -2.32. The van der Waals surface area contributed by atoms with Crippen LogP contribution >= 0.6 is 0 Å². The van der Waals surface area contributed by atoms with Crippen LogP contribution in [0.3, 0.4) is 0 Å². The van der Waals surface area contributed by atoms with Crippen molar-refractivity contribution >= 4 is 36.3 Å². The average Bonchev–Trinajstić information content (AvgIpc) is 3.16. The molecule has 2 heterocycles. The molecule has 0 aromatic heterocycles. The Labute approximate surface area is 365 Å². The topological polar surface area (TPSA) is 242 Å². The molecule has 0 unspecified atom stereocenters. The smallest absolute Gasteiger partial charge is 0.420 e. The van der Waals surface area contributed by atoms with Crippen LogP contribution in [0.15, 0.2) is 25.3 Å². The molecule has 2 rings (SSSR count). The van der Waals surface area contributed by atoms with Crippen LogP contribution in [0.1, 0.15) is 96.9 Å². The molecule has 2 N–H and O–H groups in total. The van der Waals surface area contributed by atoms with Crippen molar-refractivity contribution in [2.75, 3.05) is 39.6 Å². The maximum atomic E-state index is 13.2. The zero-order valence-corrected chi connectivity index (χ0v) is 38.8. The molecule has 0 aromatic rings. The Morgan fingerprint density at radius 3 is 1.29 bits per heavy atom. The molecule has 0 aromatic carbocycles. The van der Waals surface area contributed by atoms with E-state index in [2.05, 4.69) is 13.2 Å². The van der Waals surface area contributed by atoms with Crippen LogP contribution in [-0.2, 0) is 57.0 Å². The first-order chi connectivity index (χ1) is 28.3. The molecule has 0 saturated carbocycles. The van der Waals surface area contributed by atoms with Crippen LogP contribution in [-0.4, -0.2) is 167 Å². The third kappa shape index (κ3) is 19.8. The summed E-state index contributed by atoms with van der Waals surface area (Å²) in [5.41, 5.74) is -3.75. The van der Waals surface area contributed by atoms with Crippen molar-refractivity contribution in [1.29, 1.82) is 0 Å². The number of carbonyl (C=O) groups is 6. The second-order valence-electron chi connectivity index (χ2n) is 18.4. The lowest BCUT2D eigenvalue weighted by molar-refractivity contribution is -0.167. The summed E-state index contributed by atoms with van der Waals surface area (Å²) in [6.45, 7) is 29.0. The quantitative estimate of drug-likeness (QED) is 0.188. The summed E-state index contributed by atoms with van der Waals surface area (Å²) in [6, 6.07) is -2.98. The summed E-state index contributed by atoms with van der Waals surface area (Å²) in [6.07, 6.45) is -7.11. The minimum Gasteiger partial charge on any atom is -0.458 e. The summed E-state index contributed by atoms with van der Waals surface area (Å²) < 4.78 is 54.4. The molecule has 356 valence electrons. The van der Waals surface area contributed by atoms with Gasteiger partial charge in [0.1, 0.15) is 59.0 Å². The SMILES string of the molecule is C=CCO[C@H]1[C@H](C)OC(=O)[C@@H](N(C(=O)OC(C)(C)C)C(=O)OC(C)(C)C)COC[C@@H]1OCC=C.C[C@@H]1OC(=O)[C@@H](N(C(=O)OC(C)(C)C)C(=O)OC(C)(C)C)COC[C@H](O)[C@H]1O. The molecule has 0 spiro atoms. The van der Waals surface area contributed by atoms with E-state index in [-0.39, 0.29) is 33.0 Å². The Bertz CT molecular complexity index is 1470. The highest BCUT2D eigenvalue weighted by Crippen LogP contribution is 2.23. The van der Waals surface area contributed by atoms with Gasteiger partial charge in [-0.25, -0.2) is 28.8 Å². The number of aliphatic hydroxyl groups excluding tert-OH is 2. The van der Waals surface area contributed by atoms with E-state index in [1.54, 1.807) is 102 Å². The fourth-order valence-electron chi connectivity index (χ4n) is 5.22. The molecule has 0 aliphatic carbocycles. The van der Waals surface area contributed by atoms with Crippen LogP contribution in [0.5, 0.6) is 0 Å². The second kappa shape index (κ2) is 23.9. The van der Waals surface area contributed by atoms with Gasteiger partial charge in [-0.1, -0.05) is 12.2 Å². The number of esters is 2. The van der Waals surface area contributed by atoms with Crippen LogP contribution < -0.4 is 0 Å². The monoisotopic (exact) mass is 890 g/mol. The summed E-state index contributed by atoms with van der Waals surface area (Å²) >= 11 is 0. The summed E-state index contributed by atoms with van der Waals surface area (Å²) in [5.74, 6) is -1.88. The van der Waals surface area contributed by atoms with Gasteiger partial charge in [0, 0.05) is 0 Å². The van der Waals surface area contributed by atoms with E-state index >= 15 is 0 Å². The van der Waals surface area contributed by atoms with Crippen molar-refractivity contribution < 1.29 is 86.3 Å². The average molecular weight is 891 g/mol. The second-order valence-corrected chi connectivity index (χ2v) is 18.4. The summed E-state index contributed by atoms with van der Waals surface area (Å²) in [5, 5.41) is 19.8. The molecule has 20 heteroatoms. The van der Waals surface area contributed by atoms with Crippen molar-refractivity contribution in [3.8, 4) is 0 Å². The largest absolute Gasteiger partial charge is 0.458 e. The number of aliphatic hydroxyl groups is 2. The van der Waals surface area contributed by atoms with Gasteiger partial charge in [-0.05, 0) is 96.9 Å². The number of imide groups is 2. The van der Waals surface area contributed by atoms with Crippen LogP contribution in [0.4, 0.5) is 19.2 Å². The summed E-state index contributed by atoms with van der Waals surface area (Å²) in [7, 11) is 0. The lowest BCUT2D eigenvalue weighted by Crippen LogP contribution is -2.54. The maximum Gasteiger partial charge on any atom is 0.420 e. The highest BCUT2D eigenvalue weighted by atomic mass is 16.6. The number of hydrogen-bond acceptors (Lipinski definition) is 18. The normalized spacial score (nSPS) is 25.4. The van der Waals surface area contributed by atoms with Gasteiger partial charge < -0.3 is 57.6 Å². The first-order valence-electron chi connectivity index (χ1n) is 20.2. The van der Waals surface area contributed by atoms with Gasteiger partial charge in [0.05, 0.1) is 39.6 Å². The molecule has 20 nitrogen and oxygen atoms in total. The minimum absolute atomic E-state index is 0.00358. The van der Waals surface area contributed by atoms with E-state index in [0.29, 0.717) is 9.80 Å². The van der Waals surface area contributed by atoms with Gasteiger partial charge in [-0.3, -0.25) is 0 Å². The number of hydrogen-bond donors (Lipinski definition) is 2. The van der Waals surface area contributed by atoms with Gasteiger partial charge in [0.25, 0.3) is 0 Å². The number of amides is 4. The molecule has 4 amide bonds. The Morgan fingerprint density at radius 1 is 0.597 bits per heavy atom. The molecular formula is C42H70N2O18. The Kier molecular flexibility index (Phi) is 21.5. The fraction of sp³-hybridized carbons (Fsp3) is 0.762. The van der Waals surface area contributed by atoms with E-state index in [0.717, 1.165) is 0 Å². The van der Waals surface area contributed by atoms with Gasteiger partial charge in [-0.2, -0.15) is 9.80 Å². The highest BCUT2D eigenvalue weighted by molar-refractivity contribution is 5.95. The molecule has 8 atom stereocenters. The molecule has 2 aliphatic heterocycles. The molecule has 0 radical (unpaired) electrons. The number of cyclic esters (lactones) is 2. The standard InChI is InChI=1S/C24H39NO9.C18H31NO9/c1-10-12-30-18-15-29-14-17(20(26)32-16(3)19(18)31-13-11-2)25(21(27)33-23(4,5)6)22(28)34-24(7,8)9;1-10-13(21)12(20)9-25-8-11(14(22)26-10)19(15(23)27-17(2,3)4)16(24)28-18(5,6)7/h10-11,16-19H,1-2,12-15H2,3-9H3;10-13,20-21H,8-9H2,1-7H3/t16-,17-,18-,19-;10-,11-,12-,13-/m00/s1. The number of nitrogens with zero attached hydrogens (tertiary/aromatic N) is 2. The number of rotatable bonds is 8. The number of ether oxygens (including phenoxy) is 10. The van der Waals surface area contributed by atoms with Crippen LogP contribution in [0.25, 0.3) is 0 Å². The molecule has 0 bridgehead atoms. The highest BCUT2D eigenvalue weighted by Gasteiger charge is 2.46. The first-order valence-corrected chi connectivity index (χ1v) is 20.2. The van der Waals surface area contributed by atoms with Crippen molar-refractivity contribution in [2.45, 2.75) is 168 Å². The van der Waals surface area contributed by atoms with Crippen molar-refractivity contribution in [3.05, 3.63) is 25.3 Å². The first kappa shape index (κ1) is 55.7. The van der Waals surface area contributed by atoms with Gasteiger partial charge in [-0.15, -0.1) is 13.2 Å². The minimum atomic E-state index is -1.52. The fourth-order valence-corrected chi connectivity index (χ4v) is 5.22. The number of carbonyl (C=O) groups excluding carboxylic acids is 6. The predicted octanol–water partition coefficient (Wildman–Crippen LogP) is 4.84. The van der Waals surface area contributed by atoms with E-state index in [9.17, 15) is 39.0 Å². The summed E-state index contributed by atoms with van der Waals surface area (Å²) in [4.78, 5) is 78.1. The van der Waals surface area contributed by atoms with Crippen molar-refractivity contribution in [2.24, 2.45) is 0 Å². The molecular weight excluding hydrogens is 820 g/mol. The zero-order chi connectivity index (χ0) is 48.0. The van der Waals surface area contributed by atoms with Crippen molar-refractivity contribution in [3.63, 3.8) is 0 Å². The van der Waals surface area contributed by atoms with E-state index in [1.165, 1.54) is 6.92 Å². The van der Waals surface area contributed by atoms with Gasteiger partial charge in [0.2, 0.25) is 0 Å². The molecule has 2 fully saturated rings. The van der Waals surface area contributed by atoms with Crippen LogP contribution in [0.2, 0.25) is 0 Å². The lowest BCUT2D eigenvalue weighted by atomic mass is 10.1. The maximum absolute atomic E-state index is 13.2. The zero-order valence-electron chi connectivity index (χ0n) is 38.8. The van der Waals surface area contributed by atoms with E-state index < -0.39 is 114 Å². The van der Waals surface area contributed by atoms with Gasteiger partial charge in [0.15, 0.2) is 12.1 Å². The molecule has 2 saturated heterocycles. The van der Waals surface area contributed by atoms with Gasteiger partial charge >= 0.3 is 36.3 Å². The molecule has 2 aliphatic rings. The molecule has 62 heavy (non-hydrogen) atoms. The van der Waals surface area contributed by atoms with Crippen LogP contribution in [0, 0.1) is 0 Å². The Hall–Kier alpha value is -4.34. The van der Waals surface area contributed by atoms with E-state index in [4.69, 9.17) is 47.4 Å². The third-order valence-electron chi connectivity index (χ3n) is 7.79. The van der Waals surface area contributed by atoms with Crippen molar-refractivity contribution in [1.82, 2.24) is 9.80 Å². The predicted molar refractivity (Wildman–Crippen MR) is 221 cm³/mol. The Morgan fingerprint density at radius 2 is 0.935 bits per heavy atom. The Balaban J connectivity index is 0.000000632. The van der Waals surface area contributed by atoms with E-state index in [1.807, 2.05) is 0 Å².